The van der Waals surface area contributed by atoms with E-state index in [0.717, 1.165) is 38.9 Å². The average molecular weight is 315 g/mol. The number of amides is 2. The summed E-state index contributed by atoms with van der Waals surface area (Å²) in [6.07, 6.45) is 2.85. The number of rotatable bonds is 3. The van der Waals surface area contributed by atoms with E-state index in [0.29, 0.717) is 12.5 Å². The van der Waals surface area contributed by atoms with Crippen LogP contribution in [0.15, 0.2) is 24.3 Å². The van der Waals surface area contributed by atoms with Gasteiger partial charge in [0.2, 0.25) is 11.8 Å². The Bertz CT molecular complexity index is 587. The SMILES string of the molecule is CC(=O)NC[C@@H]1CCCN(C(=O)[C@H]2Cc3ccccc3CN2)C1. The van der Waals surface area contributed by atoms with Gasteiger partial charge in [0.1, 0.15) is 0 Å². The molecule has 0 unspecified atom stereocenters. The Balaban J connectivity index is 1.59. The number of carbonyl (C=O) groups excluding carboxylic acids is 2. The van der Waals surface area contributed by atoms with Gasteiger partial charge in [-0.25, -0.2) is 0 Å². The number of piperidine rings is 1. The lowest BCUT2D eigenvalue weighted by Crippen LogP contribution is -2.52. The maximum Gasteiger partial charge on any atom is 0.240 e. The van der Waals surface area contributed by atoms with Crippen LogP contribution in [0.25, 0.3) is 0 Å². The second kappa shape index (κ2) is 7.13. The lowest BCUT2D eigenvalue weighted by atomic mass is 9.93. The Labute approximate surface area is 137 Å². The molecule has 3 rings (SSSR count). The molecule has 1 saturated heterocycles. The lowest BCUT2D eigenvalue weighted by Gasteiger charge is -2.36. The van der Waals surface area contributed by atoms with Crippen LogP contribution in [-0.4, -0.2) is 42.4 Å². The van der Waals surface area contributed by atoms with Gasteiger partial charge in [0.05, 0.1) is 6.04 Å². The molecule has 0 bridgehead atoms. The largest absolute Gasteiger partial charge is 0.356 e. The molecule has 0 aliphatic carbocycles. The normalized spacial score (nSPS) is 24.0. The third kappa shape index (κ3) is 3.91. The van der Waals surface area contributed by atoms with Crippen molar-refractivity contribution in [3.63, 3.8) is 0 Å². The quantitative estimate of drug-likeness (QED) is 0.877. The van der Waals surface area contributed by atoms with Gasteiger partial charge in [-0.05, 0) is 36.3 Å². The van der Waals surface area contributed by atoms with Crippen molar-refractivity contribution < 1.29 is 9.59 Å². The first-order valence-electron chi connectivity index (χ1n) is 8.47. The topological polar surface area (TPSA) is 61.4 Å². The number of hydrogen-bond donors (Lipinski definition) is 2. The standard InChI is InChI=1S/C18H25N3O2/c1-13(22)19-10-14-5-4-8-21(12-14)18(23)17-9-15-6-2-3-7-16(15)11-20-17/h2-3,6-7,14,17,20H,4-5,8-12H2,1H3,(H,19,22)/t14-,17+/m0/s1. The zero-order valence-corrected chi connectivity index (χ0v) is 13.7. The summed E-state index contributed by atoms with van der Waals surface area (Å²) in [5, 5.41) is 6.25. The highest BCUT2D eigenvalue weighted by atomic mass is 16.2. The molecular formula is C18H25N3O2. The molecule has 0 aromatic heterocycles. The smallest absolute Gasteiger partial charge is 0.240 e. The van der Waals surface area contributed by atoms with Crippen molar-refractivity contribution in [3.05, 3.63) is 35.4 Å². The third-order valence-corrected chi connectivity index (χ3v) is 4.85. The molecule has 2 amide bonds. The van der Waals surface area contributed by atoms with E-state index in [2.05, 4.69) is 22.8 Å². The highest BCUT2D eigenvalue weighted by molar-refractivity contribution is 5.82. The van der Waals surface area contributed by atoms with Crippen molar-refractivity contribution in [2.75, 3.05) is 19.6 Å². The van der Waals surface area contributed by atoms with Gasteiger partial charge in [0, 0.05) is 33.1 Å². The molecule has 0 saturated carbocycles. The van der Waals surface area contributed by atoms with Crippen LogP contribution in [0, 0.1) is 5.92 Å². The number of benzene rings is 1. The first-order valence-corrected chi connectivity index (χ1v) is 8.47. The fourth-order valence-electron chi connectivity index (χ4n) is 3.57. The highest BCUT2D eigenvalue weighted by Crippen LogP contribution is 2.21. The molecule has 0 radical (unpaired) electrons. The third-order valence-electron chi connectivity index (χ3n) is 4.85. The van der Waals surface area contributed by atoms with Crippen molar-refractivity contribution in [2.24, 2.45) is 5.92 Å². The molecule has 23 heavy (non-hydrogen) atoms. The molecule has 2 N–H and O–H groups in total. The van der Waals surface area contributed by atoms with Crippen LogP contribution in [0.2, 0.25) is 0 Å². The Morgan fingerprint density at radius 2 is 2.09 bits per heavy atom. The van der Waals surface area contributed by atoms with Gasteiger partial charge in [-0.1, -0.05) is 24.3 Å². The summed E-state index contributed by atoms with van der Waals surface area (Å²) in [5.41, 5.74) is 2.56. The van der Waals surface area contributed by atoms with Crippen LogP contribution in [0.1, 0.15) is 30.9 Å². The van der Waals surface area contributed by atoms with Gasteiger partial charge in [0.25, 0.3) is 0 Å². The molecule has 1 fully saturated rings. The second-order valence-corrected chi connectivity index (χ2v) is 6.64. The molecule has 2 aliphatic rings. The van der Waals surface area contributed by atoms with Crippen molar-refractivity contribution in [1.82, 2.24) is 15.5 Å². The fraction of sp³-hybridized carbons (Fsp3) is 0.556. The Morgan fingerprint density at radius 3 is 2.87 bits per heavy atom. The van der Waals surface area contributed by atoms with Crippen LogP contribution in [0.3, 0.4) is 0 Å². The van der Waals surface area contributed by atoms with E-state index in [1.165, 1.54) is 18.1 Å². The number of fused-ring (bicyclic) bond motifs is 1. The lowest BCUT2D eigenvalue weighted by molar-refractivity contribution is -0.135. The predicted octanol–water partition coefficient (Wildman–Crippen LogP) is 1.08. The summed E-state index contributed by atoms with van der Waals surface area (Å²) >= 11 is 0. The average Bonchev–Trinajstić information content (AvgIpc) is 2.59. The molecule has 1 aromatic carbocycles. The fourth-order valence-corrected chi connectivity index (χ4v) is 3.57. The van der Waals surface area contributed by atoms with Crippen LogP contribution in [0.5, 0.6) is 0 Å². The Morgan fingerprint density at radius 1 is 1.30 bits per heavy atom. The summed E-state index contributed by atoms with van der Waals surface area (Å²) < 4.78 is 0. The molecule has 2 atom stereocenters. The van der Waals surface area contributed by atoms with E-state index < -0.39 is 0 Å². The summed E-state index contributed by atoms with van der Waals surface area (Å²) in [4.78, 5) is 25.9. The predicted molar refractivity (Wildman–Crippen MR) is 88.8 cm³/mol. The summed E-state index contributed by atoms with van der Waals surface area (Å²) in [7, 11) is 0. The van der Waals surface area contributed by atoms with E-state index in [4.69, 9.17) is 0 Å². The molecular weight excluding hydrogens is 290 g/mol. The Hall–Kier alpha value is -1.88. The first-order chi connectivity index (χ1) is 11.1. The van der Waals surface area contributed by atoms with E-state index in [1.54, 1.807) is 0 Å². The van der Waals surface area contributed by atoms with Crippen molar-refractivity contribution in [2.45, 2.75) is 38.8 Å². The zero-order valence-electron chi connectivity index (χ0n) is 13.7. The van der Waals surface area contributed by atoms with Gasteiger partial charge < -0.3 is 15.5 Å². The van der Waals surface area contributed by atoms with Gasteiger partial charge in [0.15, 0.2) is 0 Å². The molecule has 2 heterocycles. The summed E-state index contributed by atoms with van der Waals surface area (Å²) in [6, 6.07) is 8.19. The van der Waals surface area contributed by atoms with Gasteiger partial charge in [-0.2, -0.15) is 0 Å². The van der Waals surface area contributed by atoms with E-state index in [-0.39, 0.29) is 17.9 Å². The maximum atomic E-state index is 12.8. The molecule has 5 nitrogen and oxygen atoms in total. The Kier molecular flexibility index (Phi) is 4.96. The molecule has 2 aliphatic heterocycles. The van der Waals surface area contributed by atoms with Crippen LogP contribution < -0.4 is 10.6 Å². The van der Waals surface area contributed by atoms with Crippen LogP contribution in [-0.2, 0) is 22.6 Å². The monoisotopic (exact) mass is 315 g/mol. The number of likely N-dealkylation sites (tertiary alicyclic amines) is 1. The van der Waals surface area contributed by atoms with Crippen molar-refractivity contribution in [1.29, 1.82) is 0 Å². The van der Waals surface area contributed by atoms with Gasteiger partial charge in [-0.15, -0.1) is 0 Å². The minimum Gasteiger partial charge on any atom is -0.356 e. The van der Waals surface area contributed by atoms with Gasteiger partial charge >= 0.3 is 0 Å². The van der Waals surface area contributed by atoms with Crippen LogP contribution in [0.4, 0.5) is 0 Å². The zero-order chi connectivity index (χ0) is 16.2. The molecule has 0 spiro atoms. The van der Waals surface area contributed by atoms with E-state index >= 15 is 0 Å². The van der Waals surface area contributed by atoms with Gasteiger partial charge in [-0.3, -0.25) is 9.59 Å². The number of hydrogen-bond acceptors (Lipinski definition) is 3. The molecule has 1 aromatic rings. The van der Waals surface area contributed by atoms with Crippen molar-refractivity contribution >= 4 is 11.8 Å². The number of nitrogens with one attached hydrogen (secondary N) is 2. The summed E-state index contributed by atoms with van der Waals surface area (Å²) in [6.45, 7) is 4.54. The molecule has 124 valence electrons. The minimum atomic E-state index is -0.121. The maximum absolute atomic E-state index is 12.8. The van der Waals surface area contributed by atoms with E-state index in [1.807, 2.05) is 17.0 Å². The second-order valence-electron chi connectivity index (χ2n) is 6.64. The van der Waals surface area contributed by atoms with Crippen molar-refractivity contribution in [3.8, 4) is 0 Å². The number of carbonyl (C=O) groups is 2. The summed E-state index contributed by atoms with van der Waals surface area (Å²) in [5.74, 6) is 0.568. The number of nitrogens with zero attached hydrogens (tertiary/aromatic N) is 1. The highest BCUT2D eigenvalue weighted by Gasteiger charge is 2.30. The van der Waals surface area contributed by atoms with E-state index in [9.17, 15) is 9.59 Å². The first kappa shape index (κ1) is 16.0. The van der Waals surface area contributed by atoms with Crippen LogP contribution >= 0.6 is 0 Å². The minimum absolute atomic E-state index is 0.000922. The molecule has 5 heteroatoms.